The van der Waals surface area contributed by atoms with Crippen LogP contribution >= 0.6 is 0 Å². The molecule has 0 bridgehead atoms. The third-order valence-electron chi connectivity index (χ3n) is 6.73. The quantitative estimate of drug-likeness (QED) is 0.595. The summed E-state index contributed by atoms with van der Waals surface area (Å²) in [5.74, 6) is -0.632. The van der Waals surface area contributed by atoms with E-state index in [9.17, 15) is 4.39 Å². The highest BCUT2D eigenvalue weighted by atomic mass is 19.1. The molecule has 0 radical (unpaired) electrons. The molecule has 0 amide bonds. The first kappa shape index (κ1) is 22.7. The normalized spacial score (nSPS) is 24.3. The Labute approximate surface area is 194 Å². The number of benzene rings is 2. The molecule has 5 rings (SSSR count). The minimum absolute atomic E-state index is 0.0380. The standard InChI is InChI=1S/C26H32FNO5/c27-22-9-7-21(8-10-22)26(30-17-18-31-26)11-4-14-28-15-12-25(13-16-28)32-20-24(33-25)19-29-23-5-2-1-3-6-23/h1-3,5-10,24H,4,11-20H2. The second-order valence-electron chi connectivity index (χ2n) is 8.99. The number of nitrogens with zero attached hydrogens (tertiary/aromatic N) is 1. The van der Waals surface area contributed by atoms with Gasteiger partial charge in [0.25, 0.3) is 0 Å². The predicted octanol–water partition coefficient (Wildman–Crippen LogP) is 4.09. The molecule has 3 aliphatic rings. The van der Waals surface area contributed by atoms with Crippen molar-refractivity contribution in [2.75, 3.05) is 46.1 Å². The zero-order valence-corrected chi connectivity index (χ0v) is 18.9. The van der Waals surface area contributed by atoms with Gasteiger partial charge >= 0.3 is 0 Å². The molecule has 0 N–H and O–H groups in total. The molecule has 1 unspecified atom stereocenters. The molecule has 0 saturated carbocycles. The van der Waals surface area contributed by atoms with Gasteiger partial charge in [0.1, 0.15) is 24.3 Å². The Hall–Kier alpha value is -2.03. The Morgan fingerprint density at radius 1 is 0.939 bits per heavy atom. The summed E-state index contributed by atoms with van der Waals surface area (Å²) in [6, 6.07) is 16.3. The maximum absolute atomic E-state index is 13.3. The minimum atomic E-state index is -0.756. The molecule has 0 aliphatic carbocycles. The highest BCUT2D eigenvalue weighted by Gasteiger charge is 2.44. The van der Waals surface area contributed by atoms with Gasteiger partial charge in [-0.2, -0.15) is 0 Å². The summed E-state index contributed by atoms with van der Waals surface area (Å²) in [5, 5.41) is 0. The highest BCUT2D eigenvalue weighted by molar-refractivity contribution is 5.22. The van der Waals surface area contributed by atoms with E-state index in [1.807, 2.05) is 30.3 Å². The Morgan fingerprint density at radius 3 is 2.39 bits per heavy atom. The fourth-order valence-corrected chi connectivity index (χ4v) is 4.93. The van der Waals surface area contributed by atoms with Crippen LogP contribution in [-0.2, 0) is 24.7 Å². The van der Waals surface area contributed by atoms with Gasteiger partial charge in [-0.3, -0.25) is 0 Å². The molecule has 1 spiro atoms. The van der Waals surface area contributed by atoms with Crippen LogP contribution in [0.1, 0.15) is 31.2 Å². The van der Waals surface area contributed by atoms with Crippen LogP contribution in [0.4, 0.5) is 4.39 Å². The van der Waals surface area contributed by atoms with Crippen molar-refractivity contribution < 1.29 is 28.1 Å². The third-order valence-corrected chi connectivity index (χ3v) is 6.73. The molecule has 178 valence electrons. The molecule has 6 nitrogen and oxygen atoms in total. The molecule has 1 atom stereocenters. The van der Waals surface area contributed by atoms with Crippen LogP contribution in [0.2, 0.25) is 0 Å². The number of likely N-dealkylation sites (tertiary alicyclic amines) is 1. The Kier molecular flexibility index (Phi) is 6.94. The number of piperidine rings is 1. The van der Waals surface area contributed by atoms with Gasteiger partial charge in [-0.05, 0) is 37.2 Å². The van der Waals surface area contributed by atoms with Gasteiger partial charge in [0, 0.05) is 37.9 Å². The molecular formula is C26H32FNO5. The Bertz CT molecular complexity index is 879. The van der Waals surface area contributed by atoms with Crippen LogP contribution in [0.3, 0.4) is 0 Å². The zero-order valence-electron chi connectivity index (χ0n) is 18.9. The van der Waals surface area contributed by atoms with Crippen molar-refractivity contribution >= 4 is 0 Å². The first-order valence-electron chi connectivity index (χ1n) is 11.9. The summed E-state index contributed by atoms with van der Waals surface area (Å²) in [6.07, 6.45) is 3.34. The van der Waals surface area contributed by atoms with E-state index in [1.54, 1.807) is 12.1 Å². The predicted molar refractivity (Wildman–Crippen MR) is 120 cm³/mol. The van der Waals surface area contributed by atoms with Crippen molar-refractivity contribution in [2.45, 2.75) is 43.4 Å². The smallest absolute Gasteiger partial charge is 0.195 e. The van der Waals surface area contributed by atoms with Crippen molar-refractivity contribution in [3.05, 3.63) is 66.0 Å². The molecule has 3 saturated heterocycles. The van der Waals surface area contributed by atoms with Crippen molar-refractivity contribution in [1.82, 2.24) is 4.90 Å². The van der Waals surface area contributed by atoms with Crippen LogP contribution in [0.5, 0.6) is 5.75 Å². The van der Waals surface area contributed by atoms with Gasteiger partial charge in [0.2, 0.25) is 0 Å². The van der Waals surface area contributed by atoms with Crippen molar-refractivity contribution in [3.8, 4) is 5.75 Å². The summed E-state index contributed by atoms with van der Waals surface area (Å²) in [5.41, 5.74) is 0.885. The lowest BCUT2D eigenvalue weighted by molar-refractivity contribution is -0.198. The van der Waals surface area contributed by atoms with Crippen LogP contribution in [0, 0.1) is 5.82 Å². The maximum atomic E-state index is 13.3. The van der Waals surface area contributed by atoms with Gasteiger partial charge < -0.3 is 28.6 Å². The van der Waals surface area contributed by atoms with Gasteiger partial charge in [-0.15, -0.1) is 0 Å². The second kappa shape index (κ2) is 10.1. The van der Waals surface area contributed by atoms with Crippen molar-refractivity contribution in [1.29, 1.82) is 0 Å². The molecule has 2 aromatic carbocycles. The lowest BCUT2D eigenvalue weighted by Gasteiger charge is -2.38. The summed E-state index contributed by atoms with van der Waals surface area (Å²) in [6.45, 7) is 5.00. The molecule has 3 aliphatic heterocycles. The number of rotatable bonds is 8. The number of halogens is 1. The first-order valence-corrected chi connectivity index (χ1v) is 11.9. The summed E-state index contributed by atoms with van der Waals surface area (Å²) < 4.78 is 43.5. The van der Waals surface area contributed by atoms with E-state index >= 15 is 0 Å². The number of hydrogen-bond donors (Lipinski definition) is 0. The molecule has 33 heavy (non-hydrogen) atoms. The molecule has 3 heterocycles. The zero-order chi connectivity index (χ0) is 22.6. The Balaban J connectivity index is 1.06. The number of para-hydroxylation sites is 1. The monoisotopic (exact) mass is 457 g/mol. The van der Waals surface area contributed by atoms with Gasteiger partial charge in [-0.25, -0.2) is 4.39 Å². The van der Waals surface area contributed by atoms with Crippen LogP contribution in [0.15, 0.2) is 54.6 Å². The van der Waals surface area contributed by atoms with E-state index in [1.165, 1.54) is 12.1 Å². The van der Waals surface area contributed by atoms with Crippen LogP contribution in [0.25, 0.3) is 0 Å². The van der Waals surface area contributed by atoms with Crippen LogP contribution < -0.4 is 4.74 Å². The van der Waals surface area contributed by atoms with E-state index in [0.717, 1.165) is 56.6 Å². The summed E-state index contributed by atoms with van der Waals surface area (Å²) in [7, 11) is 0. The summed E-state index contributed by atoms with van der Waals surface area (Å²) in [4.78, 5) is 2.44. The molecular weight excluding hydrogens is 425 g/mol. The number of hydrogen-bond acceptors (Lipinski definition) is 6. The highest BCUT2D eigenvalue weighted by Crippen LogP contribution is 2.37. The molecule has 3 fully saturated rings. The van der Waals surface area contributed by atoms with Gasteiger partial charge in [0.05, 0.1) is 19.8 Å². The second-order valence-corrected chi connectivity index (χ2v) is 8.99. The van der Waals surface area contributed by atoms with E-state index in [-0.39, 0.29) is 11.9 Å². The van der Waals surface area contributed by atoms with E-state index in [2.05, 4.69) is 4.90 Å². The third kappa shape index (κ3) is 5.39. The fraction of sp³-hybridized carbons (Fsp3) is 0.538. The fourth-order valence-electron chi connectivity index (χ4n) is 4.93. The molecule has 2 aromatic rings. The Morgan fingerprint density at radius 2 is 1.67 bits per heavy atom. The van der Waals surface area contributed by atoms with Crippen molar-refractivity contribution in [3.63, 3.8) is 0 Å². The van der Waals surface area contributed by atoms with Gasteiger partial charge in [-0.1, -0.05) is 30.3 Å². The average molecular weight is 458 g/mol. The number of ether oxygens (including phenoxy) is 5. The first-order chi connectivity index (χ1) is 16.1. The molecule has 7 heteroatoms. The topological polar surface area (TPSA) is 49.4 Å². The van der Waals surface area contributed by atoms with Crippen LogP contribution in [-0.4, -0.2) is 62.9 Å². The van der Waals surface area contributed by atoms with E-state index in [4.69, 9.17) is 23.7 Å². The maximum Gasteiger partial charge on any atom is 0.195 e. The van der Waals surface area contributed by atoms with E-state index in [0.29, 0.717) is 26.4 Å². The lowest BCUT2D eigenvalue weighted by Crippen LogP contribution is -2.46. The van der Waals surface area contributed by atoms with Crippen molar-refractivity contribution in [2.24, 2.45) is 0 Å². The van der Waals surface area contributed by atoms with E-state index < -0.39 is 11.6 Å². The average Bonchev–Trinajstić information content (AvgIpc) is 3.49. The minimum Gasteiger partial charge on any atom is -0.491 e. The lowest BCUT2D eigenvalue weighted by atomic mass is 9.99. The molecule has 0 aromatic heterocycles. The summed E-state index contributed by atoms with van der Waals surface area (Å²) >= 11 is 0. The SMILES string of the molecule is Fc1ccc(C2(CCCN3CCC4(CC3)OCC(COc3ccccc3)O4)OCCO2)cc1. The van der Waals surface area contributed by atoms with Gasteiger partial charge in [0.15, 0.2) is 11.6 Å². The largest absolute Gasteiger partial charge is 0.491 e.